The SMILES string of the molecule is CCC(C)(CNCCCO)OC. The number of methoxy groups -OCH3 is 1. The average Bonchev–Trinajstić information content (AvgIpc) is 2.12. The maximum Gasteiger partial charge on any atom is 0.0771 e. The molecule has 0 saturated heterocycles. The Morgan fingerprint density at radius 1 is 1.50 bits per heavy atom. The minimum atomic E-state index is -0.0601. The van der Waals surface area contributed by atoms with Gasteiger partial charge in [-0.1, -0.05) is 6.92 Å². The molecule has 3 nitrogen and oxygen atoms in total. The lowest BCUT2D eigenvalue weighted by atomic mass is 10.0. The number of ether oxygens (including phenoxy) is 1. The third-order valence-electron chi connectivity index (χ3n) is 2.25. The molecule has 0 fully saturated rings. The standard InChI is InChI=1S/C9H21NO2/c1-4-9(2,12-3)8-10-6-5-7-11/h10-11H,4-8H2,1-3H3. The summed E-state index contributed by atoms with van der Waals surface area (Å²) in [5.74, 6) is 0. The minimum absolute atomic E-state index is 0.0601. The largest absolute Gasteiger partial charge is 0.396 e. The molecule has 3 heteroatoms. The van der Waals surface area contributed by atoms with E-state index in [1.54, 1.807) is 7.11 Å². The van der Waals surface area contributed by atoms with Crippen LogP contribution in [0.3, 0.4) is 0 Å². The second-order valence-electron chi connectivity index (χ2n) is 3.26. The van der Waals surface area contributed by atoms with Crippen molar-refractivity contribution >= 4 is 0 Å². The van der Waals surface area contributed by atoms with Gasteiger partial charge in [-0.05, 0) is 26.3 Å². The van der Waals surface area contributed by atoms with Crippen LogP contribution < -0.4 is 5.32 Å². The smallest absolute Gasteiger partial charge is 0.0771 e. The number of hydrogen-bond donors (Lipinski definition) is 2. The Kier molecular flexibility index (Phi) is 6.34. The maximum absolute atomic E-state index is 8.54. The third kappa shape index (κ3) is 4.70. The number of aliphatic hydroxyl groups is 1. The van der Waals surface area contributed by atoms with Crippen LogP contribution in [0, 0.1) is 0 Å². The first-order valence-electron chi connectivity index (χ1n) is 4.55. The van der Waals surface area contributed by atoms with Crippen molar-refractivity contribution < 1.29 is 9.84 Å². The van der Waals surface area contributed by atoms with E-state index in [4.69, 9.17) is 9.84 Å². The summed E-state index contributed by atoms with van der Waals surface area (Å²) in [7, 11) is 1.73. The molecule has 0 spiro atoms. The van der Waals surface area contributed by atoms with Crippen LogP contribution in [0.5, 0.6) is 0 Å². The van der Waals surface area contributed by atoms with Gasteiger partial charge in [0, 0.05) is 20.3 Å². The highest BCUT2D eigenvalue weighted by molar-refractivity contribution is 4.75. The summed E-state index contributed by atoms with van der Waals surface area (Å²) in [6.45, 7) is 6.15. The van der Waals surface area contributed by atoms with Crippen LogP contribution in [0.25, 0.3) is 0 Å². The predicted octanol–water partition coefficient (Wildman–Crippen LogP) is 0.773. The molecule has 0 rings (SSSR count). The van der Waals surface area contributed by atoms with Crippen molar-refractivity contribution in [2.75, 3.05) is 26.8 Å². The summed E-state index contributed by atoms with van der Waals surface area (Å²) in [4.78, 5) is 0. The highest BCUT2D eigenvalue weighted by Gasteiger charge is 2.19. The van der Waals surface area contributed by atoms with Gasteiger partial charge in [-0.2, -0.15) is 0 Å². The van der Waals surface area contributed by atoms with Crippen LogP contribution >= 0.6 is 0 Å². The van der Waals surface area contributed by atoms with Crippen LogP contribution in [0.1, 0.15) is 26.7 Å². The lowest BCUT2D eigenvalue weighted by Gasteiger charge is -2.26. The van der Waals surface area contributed by atoms with E-state index in [0.29, 0.717) is 0 Å². The highest BCUT2D eigenvalue weighted by atomic mass is 16.5. The van der Waals surface area contributed by atoms with E-state index in [0.717, 1.165) is 25.9 Å². The van der Waals surface area contributed by atoms with Crippen molar-refractivity contribution in [3.63, 3.8) is 0 Å². The van der Waals surface area contributed by atoms with Gasteiger partial charge in [0.2, 0.25) is 0 Å². The first-order chi connectivity index (χ1) is 5.68. The summed E-state index contributed by atoms with van der Waals surface area (Å²) in [6, 6.07) is 0. The van der Waals surface area contributed by atoms with Crippen LogP contribution in [-0.2, 0) is 4.74 Å². The molecule has 1 unspecified atom stereocenters. The van der Waals surface area contributed by atoms with Crippen molar-refractivity contribution in [1.29, 1.82) is 0 Å². The Morgan fingerprint density at radius 2 is 2.17 bits per heavy atom. The third-order valence-corrected chi connectivity index (χ3v) is 2.25. The van der Waals surface area contributed by atoms with E-state index in [1.165, 1.54) is 0 Å². The van der Waals surface area contributed by atoms with Gasteiger partial charge >= 0.3 is 0 Å². The zero-order chi connectivity index (χ0) is 9.45. The summed E-state index contributed by atoms with van der Waals surface area (Å²) in [5.41, 5.74) is -0.0601. The molecule has 0 aromatic carbocycles. The molecule has 0 heterocycles. The van der Waals surface area contributed by atoms with Crippen LogP contribution in [0.4, 0.5) is 0 Å². The molecular formula is C9H21NO2. The lowest BCUT2D eigenvalue weighted by Crippen LogP contribution is -2.39. The molecular weight excluding hydrogens is 154 g/mol. The fraction of sp³-hybridized carbons (Fsp3) is 1.00. The first kappa shape index (κ1) is 11.9. The first-order valence-corrected chi connectivity index (χ1v) is 4.55. The van der Waals surface area contributed by atoms with Gasteiger partial charge in [-0.3, -0.25) is 0 Å². The maximum atomic E-state index is 8.54. The molecule has 0 aliphatic rings. The Balaban J connectivity index is 3.45. The molecule has 0 saturated carbocycles. The number of hydrogen-bond acceptors (Lipinski definition) is 3. The van der Waals surface area contributed by atoms with E-state index in [9.17, 15) is 0 Å². The quantitative estimate of drug-likeness (QED) is 0.562. The summed E-state index contributed by atoms with van der Waals surface area (Å²) in [5, 5.41) is 11.8. The van der Waals surface area contributed by atoms with Crippen molar-refractivity contribution in [2.24, 2.45) is 0 Å². The number of rotatable bonds is 7. The molecule has 0 aromatic rings. The molecule has 0 aliphatic carbocycles. The second kappa shape index (κ2) is 6.40. The van der Waals surface area contributed by atoms with Crippen molar-refractivity contribution in [3.05, 3.63) is 0 Å². The van der Waals surface area contributed by atoms with Gasteiger partial charge < -0.3 is 15.2 Å². The Morgan fingerprint density at radius 3 is 2.58 bits per heavy atom. The van der Waals surface area contributed by atoms with Crippen LogP contribution in [0.15, 0.2) is 0 Å². The van der Waals surface area contributed by atoms with Gasteiger partial charge in [0.1, 0.15) is 0 Å². The normalized spacial score (nSPS) is 16.0. The van der Waals surface area contributed by atoms with Gasteiger partial charge in [-0.25, -0.2) is 0 Å². The van der Waals surface area contributed by atoms with Gasteiger partial charge in [-0.15, -0.1) is 0 Å². The fourth-order valence-corrected chi connectivity index (χ4v) is 0.898. The Labute approximate surface area is 75.1 Å². The molecule has 12 heavy (non-hydrogen) atoms. The summed E-state index contributed by atoms with van der Waals surface area (Å²) < 4.78 is 5.34. The van der Waals surface area contributed by atoms with Gasteiger partial charge in [0.05, 0.1) is 5.60 Å². The van der Waals surface area contributed by atoms with Gasteiger partial charge in [0.15, 0.2) is 0 Å². The van der Waals surface area contributed by atoms with Crippen molar-refractivity contribution in [2.45, 2.75) is 32.3 Å². The highest BCUT2D eigenvalue weighted by Crippen LogP contribution is 2.11. The van der Waals surface area contributed by atoms with Crippen molar-refractivity contribution in [3.8, 4) is 0 Å². The molecule has 0 radical (unpaired) electrons. The molecule has 2 N–H and O–H groups in total. The van der Waals surface area contributed by atoms with E-state index >= 15 is 0 Å². The number of nitrogens with one attached hydrogen (secondary N) is 1. The van der Waals surface area contributed by atoms with Crippen molar-refractivity contribution in [1.82, 2.24) is 5.32 Å². The van der Waals surface area contributed by atoms with E-state index in [-0.39, 0.29) is 12.2 Å². The Hall–Kier alpha value is -0.120. The topological polar surface area (TPSA) is 41.5 Å². The predicted molar refractivity (Wildman–Crippen MR) is 50.3 cm³/mol. The lowest BCUT2D eigenvalue weighted by molar-refractivity contribution is 0.00365. The van der Waals surface area contributed by atoms with E-state index in [2.05, 4.69) is 19.2 Å². The van der Waals surface area contributed by atoms with Crippen LogP contribution in [-0.4, -0.2) is 37.5 Å². The molecule has 0 amide bonds. The zero-order valence-electron chi connectivity index (χ0n) is 8.39. The molecule has 0 aliphatic heterocycles. The monoisotopic (exact) mass is 175 g/mol. The fourth-order valence-electron chi connectivity index (χ4n) is 0.898. The number of aliphatic hydroxyl groups excluding tert-OH is 1. The Bertz CT molecular complexity index is 103. The van der Waals surface area contributed by atoms with Gasteiger partial charge in [0.25, 0.3) is 0 Å². The summed E-state index contributed by atoms with van der Waals surface area (Å²) in [6.07, 6.45) is 1.80. The second-order valence-corrected chi connectivity index (χ2v) is 3.26. The molecule has 0 aromatic heterocycles. The summed E-state index contributed by atoms with van der Waals surface area (Å²) >= 11 is 0. The molecule has 1 atom stereocenters. The van der Waals surface area contributed by atoms with E-state index < -0.39 is 0 Å². The average molecular weight is 175 g/mol. The van der Waals surface area contributed by atoms with Crippen LogP contribution in [0.2, 0.25) is 0 Å². The minimum Gasteiger partial charge on any atom is -0.396 e. The van der Waals surface area contributed by atoms with E-state index in [1.807, 2.05) is 0 Å². The molecule has 0 bridgehead atoms. The zero-order valence-corrected chi connectivity index (χ0v) is 8.39. The molecule has 74 valence electrons.